The number of anilines is 2. The van der Waals surface area contributed by atoms with Gasteiger partial charge in [-0.1, -0.05) is 18.2 Å². The molecule has 0 aliphatic rings. The van der Waals surface area contributed by atoms with Gasteiger partial charge in [-0.15, -0.1) is 0 Å². The topological polar surface area (TPSA) is 45.2 Å². The number of para-hydroxylation sites is 1. The first kappa shape index (κ1) is 16.8. The first-order chi connectivity index (χ1) is 10.7. The number of pyridine rings is 1. The second-order valence-corrected chi connectivity index (χ2v) is 5.22. The third-order valence-electron chi connectivity index (χ3n) is 3.11. The zero-order valence-corrected chi connectivity index (χ0v) is 12.9. The third-order valence-corrected chi connectivity index (χ3v) is 3.11. The molecule has 0 fully saturated rings. The van der Waals surface area contributed by atoms with E-state index in [9.17, 15) is 18.0 Å². The van der Waals surface area contributed by atoms with E-state index >= 15 is 0 Å². The molecule has 7 heteroatoms. The molecule has 1 amide bonds. The van der Waals surface area contributed by atoms with Crippen LogP contribution in [0.3, 0.4) is 0 Å². The number of carbonyl (C=O) groups excluding carboxylic acids is 1. The first-order valence-electron chi connectivity index (χ1n) is 6.82. The van der Waals surface area contributed by atoms with Crippen molar-refractivity contribution in [3.05, 3.63) is 42.0 Å². The van der Waals surface area contributed by atoms with Gasteiger partial charge in [0.25, 0.3) is 0 Å². The molecule has 0 aliphatic carbocycles. The van der Waals surface area contributed by atoms with Crippen molar-refractivity contribution in [2.75, 3.05) is 24.3 Å². The maximum absolute atomic E-state index is 13.1. The van der Waals surface area contributed by atoms with Crippen molar-refractivity contribution in [3.63, 3.8) is 0 Å². The van der Waals surface area contributed by atoms with Gasteiger partial charge in [0.2, 0.25) is 5.91 Å². The molecule has 1 heterocycles. The molecule has 0 atom stereocenters. The fourth-order valence-electron chi connectivity index (χ4n) is 2.05. The summed E-state index contributed by atoms with van der Waals surface area (Å²) in [6.07, 6.45) is -4.48. The van der Waals surface area contributed by atoms with Crippen molar-refractivity contribution < 1.29 is 18.0 Å². The number of alkyl halides is 3. The van der Waals surface area contributed by atoms with Crippen molar-refractivity contribution in [2.45, 2.75) is 13.1 Å². The van der Waals surface area contributed by atoms with Gasteiger partial charge in [0, 0.05) is 26.6 Å². The zero-order chi connectivity index (χ0) is 17.2. The Hall–Kier alpha value is -2.57. The van der Waals surface area contributed by atoms with Gasteiger partial charge in [0.15, 0.2) is 0 Å². The molecular formula is C16H16F3N3O. The van der Waals surface area contributed by atoms with Crippen LogP contribution in [0.2, 0.25) is 0 Å². The Morgan fingerprint density at radius 2 is 1.83 bits per heavy atom. The number of carbonyl (C=O) groups is 1. The Labute approximate surface area is 132 Å². The fraction of sp³-hybridized carbons (Fsp3) is 0.250. The standard InChI is InChI=1S/C16H16F3N3O/c1-10(23)20-13-7-5-4-6-12(13)14-8-11(16(17,18)19)9-15(21-14)22(2)3/h4-9H,1-3H3,(H,20,23). The molecule has 0 unspecified atom stereocenters. The van der Waals surface area contributed by atoms with Crippen LogP contribution in [-0.4, -0.2) is 25.0 Å². The Morgan fingerprint density at radius 3 is 2.39 bits per heavy atom. The summed E-state index contributed by atoms with van der Waals surface area (Å²) in [7, 11) is 3.23. The van der Waals surface area contributed by atoms with Gasteiger partial charge in [-0.25, -0.2) is 4.98 Å². The maximum atomic E-state index is 13.1. The van der Waals surface area contributed by atoms with Crippen molar-refractivity contribution in [1.29, 1.82) is 0 Å². The summed E-state index contributed by atoms with van der Waals surface area (Å²) in [5.41, 5.74) is 0.199. The van der Waals surface area contributed by atoms with Crippen LogP contribution in [0.1, 0.15) is 12.5 Å². The van der Waals surface area contributed by atoms with Crippen molar-refractivity contribution in [2.24, 2.45) is 0 Å². The minimum atomic E-state index is -4.48. The Balaban J connectivity index is 2.64. The number of hydrogen-bond donors (Lipinski definition) is 1. The van der Waals surface area contributed by atoms with Gasteiger partial charge in [-0.3, -0.25) is 4.79 Å². The van der Waals surface area contributed by atoms with Gasteiger partial charge < -0.3 is 10.2 Å². The second-order valence-electron chi connectivity index (χ2n) is 5.22. The van der Waals surface area contributed by atoms with Crippen molar-refractivity contribution >= 4 is 17.4 Å². The highest BCUT2D eigenvalue weighted by Crippen LogP contribution is 2.35. The van der Waals surface area contributed by atoms with E-state index in [0.29, 0.717) is 11.3 Å². The molecule has 1 N–H and O–H groups in total. The van der Waals surface area contributed by atoms with Crippen LogP contribution in [0.4, 0.5) is 24.7 Å². The van der Waals surface area contributed by atoms with Crippen LogP contribution in [0, 0.1) is 0 Å². The average Bonchev–Trinajstić information content (AvgIpc) is 2.45. The predicted molar refractivity (Wildman–Crippen MR) is 83.3 cm³/mol. The minimum Gasteiger partial charge on any atom is -0.363 e. The van der Waals surface area contributed by atoms with E-state index in [-0.39, 0.29) is 17.4 Å². The quantitative estimate of drug-likeness (QED) is 0.935. The highest BCUT2D eigenvalue weighted by Gasteiger charge is 2.32. The number of nitrogens with zero attached hydrogens (tertiary/aromatic N) is 2. The molecule has 0 spiro atoms. The highest BCUT2D eigenvalue weighted by atomic mass is 19.4. The molecule has 2 rings (SSSR count). The van der Waals surface area contributed by atoms with Crippen LogP contribution in [0.5, 0.6) is 0 Å². The first-order valence-corrected chi connectivity index (χ1v) is 6.82. The molecule has 0 saturated heterocycles. The third kappa shape index (κ3) is 4.00. The molecule has 23 heavy (non-hydrogen) atoms. The highest BCUT2D eigenvalue weighted by molar-refractivity contribution is 5.93. The lowest BCUT2D eigenvalue weighted by Crippen LogP contribution is -2.14. The molecule has 2 aromatic rings. The summed E-state index contributed by atoms with van der Waals surface area (Å²) >= 11 is 0. The van der Waals surface area contributed by atoms with Crippen LogP contribution in [-0.2, 0) is 11.0 Å². The summed E-state index contributed by atoms with van der Waals surface area (Å²) in [6, 6.07) is 8.58. The van der Waals surface area contributed by atoms with Crippen molar-refractivity contribution in [3.8, 4) is 11.3 Å². The van der Waals surface area contributed by atoms with Crippen LogP contribution < -0.4 is 10.2 Å². The monoisotopic (exact) mass is 323 g/mol. The van der Waals surface area contributed by atoms with E-state index in [1.54, 1.807) is 38.4 Å². The van der Waals surface area contributed by atoms with E-state index < -0.39 is 11.7 Å². The van der Waals surface area contributed by atoms with Crippen LogP contribution >= 0.6 is 0 Å². The molecule has 0 saturated carbocycles. The summed E-state index contributed by atoms with van der Waals surface area (Å²) in [5.74, 6) is -0.121. The molecule has 1 aromatic carbocycles. The van der Waals surface area contributed by atoms with Gasteiger partial charge in [0.05, 0.1) is 16.9 Å². The number of amides is 1. The average molecular weight is 323 g/mol. The lowest BCUT2D eigenvalue weighted by molar-refractivity contribution is -0.137. The minimum absolute atomic E-state index is 0.146. The van der Waals surface area contributed by atoms with Gasteiger partial charge >= 0.3 is 6.18 Å². The molecule has 0 aliphatic heterocycles. The van der Waals surface area contributed by atoms with E-state index in [4.69, 9.17) is 0 Å². The number of hydrogen-bond acceptors (Lipinski definition) is 3. The molecule has 4 nitrogen and oxygen atoms in total. The van der Waals surface area contributed by atoms with Crippen molar-refractivity contribution in [1.82, 2.24) is 4.98 Å². The number of aromatic nitrogens is 1. The number of benzene rings is 1. The largest absolute Gasteiger partial charge is 0.416 e. The maximum Gasteiger partial charge on any atom is 0.416 e. The van der Waals surface area contributed by atoms with Crippen LogP contribution in [0.25, 0.3) is 11.3 Å². The second kappa shape index (κ2) is 6.28. The predicted octanol–water partition coefficient (Wildman–Crippen LogP) is 3.79. The molecule has 0 radical (unpaired) electrons. The fourth-order valence-corrected chi connectivity index (χ4v) is 2.05. The van der Waals surface area contributed by atoms with Crippen LogP contribution in [0.15, 0.2) is 36.4 Å². The zero-order valence-electron chi connectivity index (χ0n) is 12.9. The lowest BCUT2D eigenvalue weighted by atomic mass is 10.1. The van der Waals surface area contributed by atoms with Gasteiger partial charge in [0.1, 0.15) is 5.82 Å². The number of nitrogens with one attached hydrogen (secondary N) is 1. The summed E-state index contributed by atoms with van der Waals surface area (Å²) in [5, 5.41) is 2.60. The van der Waals surface area contributed by atoms with Gasteiger partial charge in [-0.2, -0.15) is 13.2 Å². The smallest absolute Gasteiger partial charge is 0.363 e. The van der Waals surface area contributed by atoms with E-state index in [0.717, 1.165) is 12.1 Å². The summed E-state index contributed by atoms with van der Waals surface area (Å²) < 4.78 is 39.4. The Kier molecular flexibility index (Phi) is 4.58. The SMILES string of the molecule is CC(=O)Nc1ccccc1-c1cc(C(F)(F)F)cc(N(C)C)n1. The van der Waals surface area contributed by atoms with E-state index in [1.807, 2.05) is 0 Å². The molecule has 0 bridgehead atoms. The molecule has 122 valence electrons. The summed E-state index contributed by atoms with van der Waals surface area (Å²) in [6.45, 7) is 1.33. The van der Waals surface area contributed by atoms with Gasteiger partial charge in [-0.05, 0) is 18.2 Å². The number of rotatable bonds is 3. The normalized spacial score (nSPS) is 11.2. The summed E-state index contributed by atoms with van der Waals surface area (Å²) in [4.78, 5) is 17.0. The number of halogens is 3. The van der Waals surface area contributed by atoms with E-state index in [1.165, 1.54) is 11.8 Å². The lowest BCUT2D eigenvalue weighted by Gasteiger charge is -2.17. The molecule has 1 aromatic heterocycles. The molecular weight excluding hydrogens is 307 g/mol. The van der Waals surface area contributed by atoms with E-state index in [2.05, 4.69) is 10.3 Å². The Bertz CT molecular complexity index is 727. The Morgan fingerprint density at radius 1 is 1.17 bits per heavy atom.